The first kappa shape index (κ1) is 60.7. The zero-order chi connectivity index (χ0) is 71.5. The number of pyridine rings is 1. The third-order valence-electron chi connectivity index (χ3n) is 22.5. The molecular formula is C99H62N10. The van der Waals surface area contributed by atoms with Gasteiger partial charge in [-0.2, -0.15) is 0 Å². The quantitative estimate of drug-likeness (QED) is 0.137. The second-order valence-corrected chi connectivity index (χ2v) is 28.5. The first-order chi connectivity index (χ1) is 54.0. The summed E-state index contributed by atoms with van der Waals surface area (Å²) in [5, 5.41) is 13.8. The van der Waals surface area contributed by atoms with E-state index in [2.05, 4.69) is 356 Å². The molecule has 0 aliphatic heterocycles. The van der Waals surface area contributed by atoms with Gasteiger partial charge >= 0.3 is 0 Å². The number of hydrogen-bond donors (Lipinski definition) is 0. The second-order valence-electron chi connectivity index (χ2n) is 28.5. The molecule has 10 heteroatoms. The van der Waals surface area contributed by atoms with Gasteiger partial charge in [-0.05, 0) is 116 Å². The molecule has 0 atom stereocenters. The average Bonchev–Trinajstić information content (AvgIpc) is 1.55. The third kappa shape index (κ3) is 9.03. The summed E-state index contributed by atoms with van der Waals surface area (Å²) in [6.07, 6.45) is 0. The molecule has 8 aromatic heterocycles. The Morgan fingerprint density at radius 1 is 0.183 bits per heavy atom. The van der Waals surface area contributed by atoms with E-state index in [1.165, 1.54) is 27.1 Å². The molecule has 8 heterocycles. The molecule has 0 fully saturated rings. The summed E-state index contributed by atoms with van der Waals surface area (Å²) in [6, 6.07) is 130. The first-order valence-corrected chi connectivity index (χ1v) is 37.1. The number of rotatable bonds is 10. The van der Waals surface area contributed by atoms with E-state index in [-0.39, 0.29) is 0 Å². The number of nitrogens with zero attached hydrogens (tertiary/aromatic N) is 10. The van der Waals surface area contributed by atoms with Crippen molar-refractivity contribution in [3.8, 4) is 79.7 Å². The molecule has 0 saturated carbocycles. The summed E-state index contributed by atoms with van der Waals surface area (Å²) >= 11 is 0. The van der Waals surface area contributed by atoms with Crippen LogP contribution < -0.4 is 0 Å². The van der Waals surface area contributed by atoms with Crippen LogP contribution in [0.5, 0.6) is 0 Å². The van der Waals surface area contributed by atoms with Crippen LogP contribution in [0.2, 0.25) is 0 Å². The van der Waals surface area contributed by atoms with Crippen LogP contribution in [0, 0.1) is 6.92 Å². The predicted molar refractivity (Wildman–Crippen MR) is 450 cm³/mol. The molecule has 0 spiro atoms. The largest absolute Gasteiger partial charge is 0.309 e. The highest BCUT2D eigenvalue weighted by Gasteiger charge is 2.34. The van der Waals surface area contributed by atoms with E-state index in [0.717, 1.165) is 171 Å². The van der Waals surface area contributed by atoms with Gasteiger partial charge in [0.05, 0.1) is 66.2 Å². The van der Waals surface area contributed by atoms with E-state index in [0.29, 0.717) is 17.5 Å². The first-order valence-electron chi connectivity index (χ1n) is 37.1. The maximum atomic E-state index is 6.70. The summed E-state index contributed by atoms with van der Waals surface area (Å²) in [5.74, 6) is 3.23. The van der Waals surface area contributed by atoms with E-state index in [1.807, 2.05) is 36.4 Å². The van der Waals surface area contributed by atoms with Gasteiger partial charge in [-0.25, -0.2) is 19.9 Å². The zero-order valence-electron chi connectivity index (χ0n) is 59.0. The lowest BCUT2D eigenvalue weighted by atomic mass is 9.98. The molecule has 0 aliphatic carbocycles. The molecule has 0 aliphatic rings. The van der Waals surface area contributed by atoms with Crippen molar-refractivity contribution in [2.24, 2.45) is 0 Å². The fourth-order valence-corrected chi connectivity index (χ4v) is 17.8. The van der Waals surface area contributed by atoms with Crippen LogP contribution in [-0.4, -0.2) is 47.3 Å². The molecule has 109 heavy (non-hydrogen) atoms. The Morgan fingerprint density at radius 2 is 0.431 bits per heavy atom. The van der Waals surface area contributed by atoms with Gasteiger partial charge in [0, 0.05) is 98.3 Å². The molecule has 0 radical (unpaired) electrons. The Morgan fingerprint density at radius 3 is 0.780 bits per heavy atom. The van der Waals surface area contributed by atoms with Gasteiger partial charge in [-0.1, -0.05) is 260 Å². The van der Waals surface area contributed by atoms with Gasteiger partial charge in [0.15, 0.2) is 29.1 Å². The smallest absolute Gasteiger partial charge is 0.165 e. The number of fused-ring (bicyclic) bond motifs is 18. The van der Waals surface area contributed by atoms with Gasteiger partial charge in [0.25, 0.3) is 0 Å². The fourth-order valence-electron chi connectivity index (χ4n) is 17.8. The Hall–Kier alpha value is -14.7. The molecule has 23 aromatic rings. The van der Waals surface area contributed by atoms with Crippen molar-refractivity contribution < 1.29 is 0 Å². The zero-order valence-corrected chi connectivity index (χ0v) is 59.0. The predicted octanol–water partition coefficient (Wildman–Crippen LogP) is 24.8. The van der Waals surface area contributed by atoms with E-state index in [4.69, 9.17) is 19.9 Å². The highest BCUT2D eigenvalue weighted by atomic mass is 15.2. The number of benzene rings is 15. The molecule has 0 bridgehead atoms. The van der Waals surface area contributed by atoms with Crippen molar-refractivity contribution in [2.45, 2.75) is 6.92 Å². The van der Waals surface area contributed by atoms with E-state index >= 15 is 0 Å². The van der Waals surface area contributed by atoms with Gasteiger partial charge in [-0.15, -0.1) is 0 Å². The van der Waals surface area contributed by atoms with Crippen LogP contribution in [-0.2, 0) is 0 Å². The van der Waals surface area contributed by atoms with Crippen molar-refractivity contribution in [3.05, 3.63) is 363 Å². The van der Waals surface area contributed by atoms with E-state index in [9.17, 15) is 0 Å². The van der Waals surface area contributed by atoms with Crippen LogP contribution in [0.25, 0.3) is 211 Å². The average molecular weight is 1390 g/mol. The summed E-state index contributed by atoms with van der Waals surface area (Å²) in [6.45, 7) is 2.20. The maximum absolute atomic E-state index is 6.70. The standard InChI is InChI=1S/C99H62N10/c1-61-48-55-89-77(58-61)74-36-14-23-45-86(74)107(89)94-92(62-49-51-65(52-50-62)97-101-95(63-26-4-2-5-27-63)100-96(102-97)64-28-6-3-7-29-64)93(106-84-43-21-12-34-72(84)73-35-13-22-44-85(73)106)98(108-87-46-24-15-37-75(87)78-59-66(53-56-90(78)108)104-80-39-17-8-30-68(80)69-31-9-18-40-81(69)104)103-99(94)109-88-47-25-16-38-76(88)79-60-67(54-57-91(79)109)105-82-41-19-10-32-70(82)71-33-11-20-42-83(71)105/h2-60H,1H3. The number of aryl methyl sites for hydroxylation is 1. The highest BCUT2D eigenvalue weighted by molar-refractivity contribution is 6.18. The molecule has 0 amide bonds. The Bertz CT molecular complexity index is 7520. The van der Waals surface area contributed by atoms with Crippen molar-refractivity contribution in [1.82, 2.24) is 47.3 Å². The van der Waals surface area contributed by atoms with E-state index in [1.54, 1.807) is 0 Å². The minimum absolute atomic E-state index is 0.562. The number of aromatic nitrogens is 10. The molecule has 508 valence electrons. The Kier molecular flexibility index (Phi) is 13.2. The summed E-state index contributed by atoms with van der Waals surface area (Å²) < 4.78 is 14.8. The van der Waals surface area contributed by atoms with Crippen molar-refractivity contribution in [2.75, 3.05) is 0 Å². The Balaban J connectivity index is 0.907. The molecular weight excluding hydrogens is 1330 g/mol. The number of para-hydroxylation sites is 9. The van der Waals surface area contributed by atoms with Crippen LogP contribution in [0.15, 0.2) is 358 Å². The Labute approximate surface area is 624 Å². The van der Waals surface area contributed by atoms with Crippen LogP contribution in [0.4, 0.5) is 0 Å². The topological polar surface area (TPSA) is 81.1 Å². The minimum Gasteiger partial charge on any atom is -0.309 e. The summed E-state index contributed by atoms with van der Waals surface area (Å²) in [4.78, 5) is 22.5. The lowest BCUT2D eigenvalue weighted by molar-refractivity contribution is 0.961. The maximum Gasteiger partial charge on any atom is 0.165 e. The summed E-state index contributed by atoms with van der Waals surface area (Å²) in [7, 11) is 0. The molecule has 15 aromatic carbocycles. The van der Waals surface area contributed by atoms with Crippen LogP contribution >= 0.6 is 0 Å². The second kappa shape index (κ2) is 23.6. The van der Waals surface area contributed by atoms with Crippen molar-refractivity contribution in [3.63, 3.8) is 0 Å². The van der Waals surface area contributed by atoms with Crippen LogP contribution in [0.3, 0.4) is 0 Å². The normalized spacial score (nSPS) is 12.1. The molecule has 0 saturated heterocycles. The van der Waals surface area contributed by atoms with Gasteiger partial charge < -0.3 is 18.3 Å². The van der Waals surface area contributed by atoms with Crippen molar-refractivity contribution >= 4 is 131 Å². The summed E-state index contributed by atoms with van der Waals surface area (Å²) in [5.41, 5.74) is 22.4. The minimum atomic E-state index is 0.562. The highest BCUT2D eigenvalue weighted by Crippen LogP contribution is 2.50. The van der Waals surface area contributed by atoms with Gasteiger partial charge in [0.1, 0.15) is 11.4 Å². The molecule has 23 rings (SSSR count). The van der Waals surface area contributed by atoms with Gasteiger partial charge in [-0.3, -0.25) is 9.13 Å². The molecule has 0 unspecified atom stereocenters. The van der Waals surface area contributed by atoms with E-state index < -0.39 is 0 Å². The van der Waals surface area contributed by atoms with Crippen LogP contribution in [0.1, 0.15) is 5.56 Å². The fraction of sp³-hybridized carbons (Fsp3) is 0.0101. The lowest BCUT2D eigenvalue weighted by Gasteiger charge is -2.27. The monoisotopic (exact) mass is 1390 g/mol. The van der Waals surface area contributed by atoms with Gasteiger partial charge in [0.2, 0.25) is 0 Å². The van der Waals surface area contributed by atoms with Crippen molar-refractivity contribution in [1.29, 1.82) is 0 Å². The third-order valence-corrected chi connectivity index (χ3v) is 22.5. The molecule has 10 nitrogen and oxygen atoms in total. The molecule has 0 N–H and O–H groups in total. The lowest BCUT2D eigenvalue weighted by Crippen LogP contribution is -2.16. The number of hydrogen-bond acceptors (Lipinski definition) is 4. The SMILES string of the molecule is Cc1ccc2c(c1)c1ccccc1n2-c1c(-n2c3ccccc3c3cc(-n4c5ccccc5c5ccccc54)ccc32)nc(-n2c3ccccc3c3cc(-n4c5ccccc5c5ccccc54)ccc32)c(-n2c3ccccc3c3ccccc32)c1-c1ccc(-c2nc(-c3ccccc3)nc(-c3ccccc3)n2)cc1.